The molecule has 0 aliphatic heterocycles. The molecule has 4 heavy (non-hydrogen) atoms. The molecule has 0 bridgehead atoms. The first-order valence-electron chi connectivity index (χ1n) is 0. The monoisotopic (exact) mass is 66.0 g/mol. The van der Waals surface area contributed by atoms with Crippen LogP contribution in [0, 0.1) is 0 Å². The molecule has 0 aliphatic carbocycles. The van der Waals surface area contributed by atoms with Crippen molar-refractivity contribution in [3.8, 4) is 0 Å². The summed E-state index contributed by atoms with van der Waals surface area (Å²) in [5.41, 5.74) is 0. The van der Waals surface area contributed by atoms with E-state index in [4.69, 9.17) is 0 Å². The molecule has 0 spiro atoms. The van der Waals surface area contributed by atoms with Crippen LogP contribution in [0.2, 0.25) is 0 Å². The van der Waals surface area contributed by atoms with Gasteiger partial charge >= 0.3 is 37.7 Å². The van der Waals surface area contributed by atoms with Crippen molar-refractivity contribution in [1.82, 2.24) is 0 Å². The molecule has 1 nitrogen and oxygen atoms in total. The van der Waals surface area contributed by atoms with Crippen LogP contribution in [0.3, 0.4) is 0 Å². The second-order valence-corrected chi connectivity index (χ2v) is 0. The van der Waals surface area contributed by atoms with Crippen molar-refractivity contribution < 1.29 is 55.6 Å². The average Bonchev–Trinajstić information content (AvgIpc) is 0. The van der Waals surface area contributed by atoms with E-state index in [1.807, 2.05) is 0 Å². The van der Waals surface area contributed by atoms with E-state index in [1.54, 1.807) is 0 Å². The Hall–Kier alpha value is 1.44. The molecule has 0 saturated carbocycles. The molecule has 0 atom stereocenters. The fourth-order valence-corrected chi connectivity index (χ4v) is 0. The van der Waals surface area contributed by atoms with Gasteiger partial charge in [0.1, 0.15) is 0 Å². The van der Waals surface area contributed by atoms with E-state index >= 15 is 0 Å². The summed E-state index contributed by atoms with van der Waals surface area (Å²) in [6, 6.07) is 0. The predicted octanol–water partition coefficient (Wildman–Crippen LogP) is -9.16. The Bertz CT molecular complexity index is 6.00. The minimum atomic E-state index is 0. The molecule has 0 amide bonds. The summed E-state index contributed by atoms with van der Waals surface area (Å²) in [6.45, 7) is 0. The van der Waals surface area contributed by atoms with Crippen LogP contribution in [-0.2, 0) is 0 Å². The summed E-state index contributed by atoms with van der Waals surface area (Å²) in [4.78, 5) is 0. The van der Waals surface area contributed by atoms with Crippen molar-refractivity contribution in [3.05, 3.63) is 0 Å². The standard InChI is InChI=1S/ClH.2Li.H2O/h1H;;;1H2/q;2*+1;/p-2. The molecule has 0 aromatic rings. The summed E-state index contributed by atoms with van der Waals surface area (Å²) in [7, 11) is 0. The third kappa shape index (κ3) is 9.86. The molecule has 0 aliphatic rings. The maximum Gasteiger partial charge on any atom is 1.00 e. The van der Waals surface area contributed by atoms with Crippen molar-refractivity contribution >= 4 is 0 Å². The van der Waals surface area contributed by atoms with E-state index in [0.29, 0.717) is 0 Å². The number of hydrogen-bond donors (Lipinski definition) is 0. The smallest absolute Gasteiger partial charge is 1.00 e. The molecule has 0 heterocycles. The fraction of sp³-hybridized carbons (Fsp3) is 0. The van der Waals surface area contributed by atoms with E-state index in [0.717, 1.165) is 0 Å². The Morgan fingerprint density at radius 3 is 0.750 bits per heavy atom. The number of halogens is 1. The molecule has 4 heteroatoms. The van der Waals surface area contributed by atoms with Crippen LogP contribution in [0.4, 0.5) is 0 Å². The van der Waals surface area contributed by atoms with Crippen molar-refractivity contribution in [1.29, 1.82) is 0 Å². The maximum absolute atomic E-state index is 0. The molecule has 0 radical (unpaired) electrons. The van der Waals surface area contributed by atoms with Gasteiger partial charge in [-0.25, -0.2) is 0 Å². The van der Waals surface area contributed by atoms with Crippen LogP contribution < -0.4 is 50.1 Å². The molecule has 16 valence electrons. The zero-order chi connectivity index (χ0) is 0. The van der Waals surface area contributed by atoms with E-state index in [1.165, 1.54) is 0 Å². The van der Waals surface area contributed by atoms with Crippen molar-refractivity contribution in [2.75, 3.05) is 0 Å². The molecule has 0 rings (SSSR count). The summed E-state index contributed by atoms with van der Waals surface area (Å²) in [5.74, 6) is 0. The van der Waals surface area contributed by atoms with Crippen molar-refractivity contribution in [2.24, 2.45) is 0 Å². The molecular formula is HClLi2O. The van der Waals surface area contributed by atoms with Gasteiger partial charge in [0.15, 0.2) is 0 Å². The van der Waals surface area contributed by atoms with Crippen LogP contribution in [0.25, 0.3) is 0 Å². The first-order chi connectivity index (χ1) is 0. The van der Waals surface area contributed by atoms with Crippen LogP contribution in [-0.4, -0.2) is 5.48 Å². The average molecular weight is 66.3 g/mol. The van der Waals surface area contributed by atoms with Crippen LogP contribution in [0.1, 0.15) is 0 Å². The van der Waals surface area contributed by atoms with Gasteiger partial charge in [-0.2, -0.15) is 0 Å². The molecule has 0 saturated heterocycles. The Labute approximate surface area is 55.6 Å². The normalized spacial score (nSPS) is 0. The topological polar surface area (TPSA) is 30.0 Å². The van der Waals surface area contributed by atoms with E-state index in [-0.39, 0.29) is 55.6 Å². The Morgan fingerprint density at radius 1 is 0.750 bits per heavy atom. The van der Waals surface area contributed by atoms with Gasteiger partial charge in [0.2, 0.25) is 0 Å². The van der Waals surface area contributed by atoms with Gasteiger partial charge in [-0.1, -0.05) is 0 Å². The van der Waals surface area contributed by atoms with E-state index in [2.05, 4.69) is 0 Å². The van der Waals surface area contributed by atoms with Gasteiger partial charge < -0.3 is 17.9 Å². The van der Waals surface area contributed by atoms with Crippen LogP contribution >= 0.6 is 0 Å². The minimum absolute atomic E-state index is 0. The minimum Gasteiger partial charge on any atom is -1.00 e. The third-order valence-corrected chi connectivity index (χ3v) is 0. The third-order valence-electron chi connectivity index (χ3n) is 0. The number of rotatable bonds is 0. The summed E-state index contributed by atoms with van der Waals surface area (Å²) >= 11 is 0. The van der Waals surface area contributed by atoms with Gasteiger partial charge in [-0.15, -0.1) is 0 Å². The largest absolute Gasteiger partial charge is 1.00 e. The van der Waals surface area contributed by atoms with Gasteiger partial charge in [-0.3, -0.25) is 0 Å². The molecule has 0 unspecified atom stereocenters. The molecule has 0 aromatic heterocycles. The first-order valence-corrected chi connectivity index (χ1v) is 0. The Morgan fingerprint density at radius 2 is 0.750 bits per heavy atom. The van der Waals surface area contributed by atoms with Crippen LogP contribution in [0.5, 0.6) is 0 Å². The summed E-state index contributed by atoms with van der Waals surface area (Å²) in [6.07, 6.45) is 0. The van der Waals surface area contributed by atoms with Gasteiger partial charge in [0.05, 0.1) is 0 Å². The van der Waals surface area contributed by atoms with Crippen LogP contribution in [0.15, 0.2) is 0 Å². The Balaban J connectivity index is 0. The maximum atomic E-state index is 0. The fourth-order valence-electron chi connectivity index (χ4n) is 0. The Kier molecular flexibility index (Phi) is 326. The molecule has 0 aromatic carbocycles. The summed E-state index contributed by atoms with van der Waals surface area (Å²) < 4.78 is 0. The second kappa shape index (κ2) is 25.3. The SMILES string of the molecule is [Cl-].[Li+].[Li+].[OH-]. The van der Waals surface area contributed by atoms with Gasteiger partial charge in [0, 0.05) is 0 Å². The molecule has 0 fully saturated rings. The van der Waals surface area contributed by atoms with E-state index < -0.39 is 0 Å². The second-order valence-electron chi connectivity index (χ2n) is 0. The van der Waals surface area contributed by atoms with E-state index in [9.17, 15) is 0 Å². The van der Waals surface area contributed by atoms with Crippen molar-refractivity contribution in [3.63, 3.8) is 0 Å². The predicted molar refractivity (Wildman–Crippen MR) is 1.94 cm³/mol. The van der Waals surface area contributed by atoms with Gasteiger partial charge in [-0.05, 0) is 0 Å². The quantitative estimate of drug-likeness (QED) is 0.258. The zero-order valence-corrected chi connectivity index (χ0v) is 3.58. The molecular weight excluding hydrogens is 65.3 g/mol. The van der Waals surface area contributed by atoms with Gasteiger partial charge in [0.25, 0.3) is 0 Å². The number of hydrogen-bond acceptors (Lipinski definition) is 1. The molecule has 1 N–H and O–H groups in total. The summed E-state index contributed by atoms with van der Waals surface area (Å²) in [5, 5.41) is 0. The zero-order valence-electron chi connectivity index (χ0n) is 2.83. The first kappa shape index (κ1) is 51.5. The van der Waals surface area contributed by atoms with Crippen molar-refractivity contribution in [2.45, 2.75) is 0 Å².